The van der Waals surface area contributed by atoms with E-state index in [9.17, 15) is 4.79 Å². The van der Waals surface area contributed by atoms with E-state index in [1.54, 1.807) is 18.3 Å². The van der Waals surface area contributed by atoms with Crippen LogP contribution >= 0.6 is 0 Å². The van der Waals surface area contributed by atoms with Crippen LogP contribution in [0, 0.1) is 0 Å². The number of carbonyl (C=O) groups is 1. The molecule has 0 radical (unpaired) electrons. The van der Waals surface area contributed by atoms with Gasteiger partial charge in [0.1, 0.15) is 5.69 Å². The molecule has 4 aromatic rings. The van der Waals surface area contributed by atoms with Gasteiger partial charge < -0.3 is 9.73 Å². The van der Waals surface area contributed by atoms with Crippen molar-refractivity contribution in [2.75, 3.05) is 5.32 Å². The third-order valence-corrected chi connectivity index (χ3v) is 4.82. The average Bonchev–Trinajstić information content (AvgIpc) is 3.21. The summed E-state index contributed by atoms with van der Waals surface area (Å²) in [7, 11) is 0. The quantitative estimate of drug-likeness (QED) is 0.568. The lowest BCUT2D eigenvalue weighted by Gasteiger charge is -2.11. The van der Waals surface area contributed by atoms with Crippen molar-refractivity contribution in [3.05, 3.63) is 95.7 Å². The molecule has 7 nitrogen and oxygen atoms in total. The standard InChI is InChI=1S/C23H17N5O2/c29-19-14-16-10-4-5-11-17(16)20(15-8-2-1-3-9-15)25-21(19)26-23-28-27-22(30-23)18-12-6-7-13-24-18/h1-13,21H,14H2,(H,26,28)/t21-/m1/s1. The van der Waals surface area contributed by atoms with Gasteiger partial charge in [0, 0.05) is 23.7 Å². The highest BCUT2D eigenvalue weighted by Gasteiger charge is 2.27. The van der Waals surface area contributed by atoms with Crippen LogP contribution in [-0.4, -0.2) is 32.8 Å². The molecule has 30 heavy (non-hydrogen) atoms. The van der Waals surface area contributed by atoms with Gasteiger partial charge in [-0.3, -0.25) is 14.8 Å². The smallest absolute Gasteiger partial charge is 0.317 e. The number of rotatable bonds is 4. The summed E-state index contributed by atoms with van der Waals surface area (Å²) in [5.41, 5.74) is 4.13. The molecule has 0 amide bonds. The Morgan fingerprint density at radius 3 is 2.53 bits per heavy atom. The number of nitrogens with zero attached hydrogens (tertiary/aromatic N) is 4. The fourth-order valence-electron chi connectivity index (χ4n) is 3.39. The van der Waals surface area contributed by atoms with Crippen LogP contribution in [0.2, 0.25) is 0 Å². The van der Waals surface area contributed by atoms with Crippen molar-refractivity contribution in [3.63, 3.8) is 0 Å². The number of nitrogens with one attached hydrogen (secondary N) is 1. The summed E-state index contributed by atoms with van der Waals surface area (Å²) >= 11 is 0. The molecule has 0 saturated heterocycles. The number of Topliss-reactive ketones (excluding diaryl/α,β-unsaturated/α-hetero) is 1. The SMILES string of the molecule is O=C1Cc2ccccc2C(c2ccccc2)=N[C@@H]1Nc1nnc(-c2ccccn2)o1. The Kier molecular flexibility index (Phi) is 4.61. The van der Waals surface area contributed by atoms with Crippen molar-refractivity contribution in [1.29, 1.82) is 0 Å². The number of aliphatic imine (C=N–C) groups is 1. The Labute approximate surface area is 172 Å². The molecule has 146 valence electrons. The maximum Gasteiger partial charge on any atom is 0.317 e. The number of hydrogen-bond donors (Lipinski definition) is 1. The van der Waals surface area contributed by atoms with Crippen LogP contribution in [0.4, 0.5) is 6.01 Å². The van der Waals surface area contributed by atoms with E-state index in [1.165, 1.54) is 0 Å². The largest absolute Gasteiger partial charge is 0.402 e. The van der Waals surface area contributed by atoms with Gasteiger partial charge in [0.05, 0.1) is 5.71 Å². The van der Waals surface area contributed by atoms with Crippen LogP contribution in [0.5, 0.6) is 0 Å². The molecule has 1 aliphatic heterocycles. The molecule has 2 aromatic heterocycles. The van der Waals surface area contributed by atoms with Gasteiger partial charge in [0.2, 0.25) is 0 Å². The first-order valence-electron chi connectivity index (χ1n) is 9.53. The Balaban J connectivity index is 1.51. The van der Waals surface area contributed by atoms with Crippen LogP contribution in [0.15, 0.2) is 88.4 Å². The molecule has 3 heterocycles. The van der Waals surface area contributed by atoms with E-state index in [2.05, 4.69) is 20.5 Å². The molecular formula is C23H17N5O2. The van der Waals surface area contributed by atoms with Crippen molar-refractivity contribution in [2.24, 2.45) is 4.99 Å². The highest BCUT2D eigenvalue weighted by molar-refractivity contribution is 6.16. The number of hydrogen-bond acceptors (Lipinski definition) is 7. The number of aromatic nitrogens is 3. The fourth-order valence-corrected chi connectivity index (χ4v) is 3.39. The molecule has 0 bridgehead atoms. The van der Waals surface area contributed by atoms with Gasteiger partial charge in [-0.1, -0.05) is 65.8 Å². The van der Waals surface area contributed by atoms with E-state index in [1.807, 2.05) is 60.7 Å². The summed E-state index contributed by atoms with van der Waals surface area (Å²) in [4.78, 5) is 21.9. The molecule has 0 aliphatic carbocycles. The minimum atomic E-state index is -0.843. The lowest BCUT2D eigenvalue weighted by molar-refractivity contribution is -0.119. The van der Waals surface area contributed by atoms with Crippen molar-refractivity contribution in [2.45, 2.75) is 12.6 Å². The van der Waals surface area contributed by atoms with Crippen molar-refractivity contribution >= 4 is 17.5 Å². The first kappa shape index (κ1) is 17.9. The van der Waals surface area contributed by atoms with Gasteiger partial charge in [-0.15, -0.1) is 5.10 Å². The van der Waals surface area contributed by atoms with Gasteiger partial charge in [-0.05, 0) is 17.7 Å². The molecule has 0 spiro atoms. The summed E-state index contributed by atoms with van der Waals surface area (Å²) in [6.45, 7) is 0. The zero-order valence-electron chi connectivity index (χ0n) is 15.9. The van der Waals surface area contributed by atoms with Crippen LogP contribution < -0.4 is 5.32 Å². The van der Waals surface area contributed by atoms with E-state index in [0.29, 0.717) is 5.69 Å². The van der Waals surface area contributed by atoms with E-state index < -0.39 is 6.17 Å². The number of ketones is 1. The molecule has 2 aromatic carbocycles. The molecule has 0 unspecified atom stereocenters. The Hall–Kier alpha value is -4.13. The minimum absolute atomic E-state index is 0.0778. The van der Waals surface area contributed by atoms with Crippen LogP contribution in [0.25, 0.3) is 11.6 Å². The van der Waals surface area contributed by atoms with Crippen LogP contribution in [-0.2, 0) is 11.2 Å². The Morgan fingerprint density at radius 2 is 1.70 bits per heavy atom. The summed E-state index contributed by atoms with van der Waals surface area (Å²) in [5.74, 6) is 0.195. The molecular weight excluding hydrogens is 378 g/mol. The van der Waals surface area contributed by atoms with Crippen molar-refractivity contribution < 1.29 is 9.21 Å². The van der Waals surface area contributed by atoms with E-state index in [4.69, 9.17) is 9.41 Å². The van der Waals surface area contributed by atoms with Crippen LogP contribution in [0.3, 0.4) is 0 Å². The highest BCUT2D eigenvalue weighted by atomic mass is 16.4. The molecule has 7 heteroatoms. The monoisotopic (exact) mass is 395 g/mol. The fraction of sp³-hybridized carbons (Fsp3) is 0.0870. The number of fused-ring (bicyclic) bond motifs is 1. The van der Waals surface area contributed by atoms with Gasteiger partial charge in [0.15, 0.2) is 11.9 Å². The third kappa shape index (κ3) is 3.48. The second-order valence-corrected chi connectivity index (χ2v) is 6.82. The maximum atomic E-state index is 13.0. The van der Waals surface area contributed by atoms with Crippen molar-refractivity contribution in [1.82, 2.24) is 15.2 Å². The van der Waals surface area contributed by atoms with Gasteiger partial charge in [-0.2, -0.15) is 0 Å². The zero-order valence-corrected chi connectivity index (χ0v) is 15.9. The Morgan fingerprint density at radius 1 is 0.900 bits per heavy atom. The lowest BCUT2D eigenvalue weighted by atomic mass is 9.96. The highest BCUT2D eigenvalue weighted by Crippen LogP contribution is 2.23. The molecule has 0 saturated carbocycles. The van der Waals surface area contributed by atoms with Gasteiger partial charge in [-0.25, -0.2) is 0 Å². The topological polar surface area (TPSA) is 93.3 Å². The molecule has 1 aliphatic rings. The minimum Gasteiger partial charge on any atom is -0.402 e. The van der Waals surface area contributed by atoms with Gasteiger partial charge in [0.25, 0.3) is 5.89 Å². The molecule has 0 fully saturated rings. The van der Waals surface area contributed by atoms with E-state index >= 15 is 0 Å². The second kappa shape index (κ2) is 7.71. The normalized spacial score (nSPS) is 15.8. The molecule has 1 N–H and O–H groups in total. The number of carbonyl (C=O) groups excluding carboxylic acids is 1. The predicted molar refractivity (Wildman–Crippen MR) is 112 cm³/mol. The Bertz CT molecular complexity index is 1220. The molecule has 5 rings (SSSR count). The van der Waals surface area contributed by atoms with Crippen LogP contribution in [0.1, 0.15) is 16.7 Å². The van der Waals surface area contributed by atoms with Gasteiger partial charge >= 0.3 is 6.01 Å². The number of anilines is 1. The molecule has 1 atom stereocenters. The lowest BCUT2D eigenvalue weighted by Crippen LogP contribution is -2.29. The maximum absolute atomic E-state index is 13.0. The summed E-state index contributed by atoms with van der Waals surface area (Å²) < 4.78 is 5.66. The summed E-state index contributed by atoms with van der Waals surface area (Å²) in [6.07, 6.45) is 1.06. The van der Waals surface area contributed by atoms with E-state index in [0.717, 1.165) is 22.4 Å². The number of pyridine rings is 1. The second-order valence-electron chi connectivity index (χ2n) is 6.82. The zero-order chi connectivity index (χ0) is 20.3. The summed E-state index contributed by atoms with van der Waals surface area (Å²) in [5, 5.41) is 11.0. The van der Waals surface area contributed by atoms with E-state index in [-0.39, 0.29) is 24.1 Å². The summed E-state index contributed by atoms with van der Waals surface area (Å²) in [6, 6.07) is 23.2. The van der Waals surface area contributed by atoms with Crippen molar-refractivity contribution in [3.8, 4) is 11.6 Å². The first-order chi connectivity index (χ1) is 14.8. The number of benzene rings is 2. The first-order valence-corrected chi connectivity index (χ1v) is 9.53. The average molecular weight is 395 g/mol. The third-order valence-electron chi connectivity index (χ3n) is 4.82. The predicted octanol–water partition coefficient (Wildman–Crippen LogP) is 3.53.